The molecule has 0 atom stereocenters. The van der Waals surface area contributed by atoms with Gasteiger partial charge in [-0.15, -0.1) is 0 Å². The molecule has 25 heavy (non-hydrogen) atoms. The number of pyridine rings is 1. The van der Waals surface area contributed by atoms with Crippen LogP contribution in [-0.4, -0.2) is 40.7 Å². The predicted octanol–water partition coefficient (Wildman–Crippen LogP) is 2.59. The van der Waals surface area contributed by atoms with E-state index in [1.807, 2.05) is 18.3 Å². The SMILES string of the molecule is CCc1nc2c(N3CCNCC3)ccnc2n1Cc1cccc(F)c1. The van der Waals surface area contributed by atoms with Crippen LogP contribution in [0, 0.1) is 5.82 Å². The van der Waals surface area contributed by atoms with Crippen molar-refractivity contribution in [1.82, 2.24) is 19.9 Å². The van der Waals surface area contributed by atoms with Gasteiger partial charge in [0.15, 0.2) is 5.65 Å². The summed E-state index contributed by atoms with van der Waals surface area (Å²) in [5, 5.41) is 3.38. The number of aryl methyl sites for hydroxylation is 1. The fraction of sp³-hybridized carbons (Fsp3) is 0.368. The fourth-order valence-corrected chi connectivity index (χ4v) is 3.46. The zero-order valence-electron chi connectivity index (χ0n) is 14.4. The molecule has 130 valence electrons. The summed E-state index contributed by atoms with van der Waals surface area (Å²) < 4.78 is 15.7. The third kappa shape index (κ3) is 3.09. The van der Waals surface area contributed by atoms with Crippen LogP contribution in [0.1, 0.15) is 18.3 Å². The van der Waals surface area contributed by atoms with Crippen LogP contribution >= 0.6 is 0 Å². The Morgan fingerprint density at radius 1 is 1.20 bits per heavy atom. The summed E-state index contributed by atoms with van der Waals surface area (Å²) in [6.07, 6.45) is 2.66. The molecule has 1 fully saturated rings. The van der Waals surface area contributed by atoms with Crippen molar-refractivity contribution >= 4 is 16.9 Å². The number of piperazine rings is 1. The lowest BCUT2D eigenvalue weighted by atomic mass is 10.2. The molecule has 1 saturated heterocycles. The van der Waals surface area contributed by atoms with Crippen LogP contribution in [0.5, 0.6) is 0 Å². The quantitative estimate of drug-likeness (QED) is 0.794. The first kappa shape index (κ1) is 16.0. The van der Waals surface area contributed by atoms with E-state index in [1.54, 1.807) is 12.1 Å². The van der Waals surface area contributed by atoms with Gasteiger partial charge in [0, 0.05) is 38.8 Å². The summed E-state index contributed by atoms with van der Waals surface area (Å²) in [5.41, 5.74) is 3.87. The Morgan fingerprint density at radius 3 is 2.80 bits per heavy atom. The number of imidazole rings is 1. The molecule has 0 amide bonds. The molecule has 3 aromatic rings. The molecule has 6 heteroatoms. The second-order valence-corrected chi connectivity index (χ2v) is 6.34. The second kappa shape index (κ2) is 6.80. The number of halogens is 1. The summed E-state index contributed by atoms with van der Waals surface area (Å²) in [7, 11) is 0. The molecule has 1 aliphatic heterocycles. The van der Waals surface area contributed by atoms with Gasteiger partial charge in [-0.25, -0.2) is 14.4 Å². The second-order valence-electron chi connectivity index (χ2n) is 6.34. The molecule has 0 spiro atoms. The first-order chi connectivity index (χ1) is 12.3. The fourth-order valence-electron chi connectivity index (χ4n) is 3.46. The van der Waals surface area contributed by atoms with Crippen molar-refractivity contribution in [2.75, 3.05) is 31.1 Å². The average Bonchev–Trinajstić information content (AvgIpc) is 3.00. The van der Waals surface area contributed by atoms with Crippen LogP contribution in [0.2, 0.25) is 0 Å². The van der Waals surface area contributed by atoms with E-state index in [-0.39, 0.29) is 5.82 Å². The predicted molar refractivity (Wildman–Crippen MR) is 97.5 cm³/mol. The van der Waals surface area contributed by atoms with Crippen LogP contribution in [0.25, 0.3) is 11.2 Å². The summed E-state index contributed by atoms with van der Waals surface area (Å²) >= 11 is 0. The van der Waals surface area contributed by atoms with E-state index < -0.39 is 0 Å². The van der Waals surface area contributed by atoms with Gasteiger partial charge in [0.2, 0.25) is 0 Å². The molecule has 0 aliphatic carbocycles. The van der Waals surface area contributed by atoms with Crippen molar-refractivity contribution in [2.24, 2.45) is 0 Å². The number of nitrogens with zero attached hydrogens (tertiary/aromatic N) is 4. The first-order valence-corrected chi connectivity index (χ1v) is 8.80. The van der Waals surface area contributed by atoms with E-state index in [4.69, 9.17) is 4.98 Å². The number of hydrogen-bond acceptors (Lipinski definition) is 4. The number of hydrogen-bond donors (Lipinski definition) is 1. The molecule has 2 aromatic heterocycles. The molecular weight excluding hydrogens is 317 g/mol. The molecule has 0 radical (unpaired) electrons. The van der Waals surface area contributed by atoms with Crippen LogP contribution in [0.3, 0.4) is 0 Å². The zero-order valence-corrected chi connectivity index (χ0v) is 14.4. The van der Waals surface area contributed by atoms with Gasteiger partial charge < -0.3 is 14.8 Å². The highest BCUT2D eigenvalue weighted by atomic mass is 19.1. The van der Waals surface area contributed by atoms with E-state index in [1.165, 1.54) is 6.07 Å². The third-order valence-electron chi connectivity index (χ3n) is 4.70. The summed E-state index contributed by atoms with van der Waals surface area (Å²) in [6, 6.07) is 8.78. The van der Waals surface area contributed by atoms with Crippen LogP contribution in [-0.2, 0) is 13.0 Å². The van der Waals surface area contributed by atoms with Crippen molar-refractivity contribution < 1.29 is 4.39 Å². The Hall–Kier alpha value is -2.47. The molecule has 4 rings (SSSR count). The molecule has 1 N–H and O–H groups in total. The number of anilines is 1. The van der Waals surface area contributed by atoms with Crippen LogP contribution in [0.4, 0.5) is 10.1 Å². The minimum Gasteiger partial charge on any atom is -0.367 e. The maximum absolute atomic E-state index is 13.5. The van der Waals surface area contributed by atoms with E-state index in [0.29, 0.717) is 6.54 Å². The Bertz CT molecular complexity index is 883. The molecule has 0 bridgehead atoms. The van der Waals surface area contributed by atoms with Gasteiger partial charge in [-0.1, -0.05) is 19.1 Å². The van der Waals surface area contributed by atoms with Gasteiger partial charge in [0.1, 0.15) is 17.2 Å². The molecular formula is C19H22FN5. The zero-order chi connectivity index (χ0) is 17.2. The van der Waals surface area contributed by atoms with Crippen LogP contribution in [0.15, 0.2) is 36.5 Å². The van der Waals surface area contributed by atoms with Gasteiger partial charge in [0.05, 0.1) is 12.2 Å². The minimum absolute atomic E-state index is 0.213. The van der Waals surface area contributed by atoms with Crippen molar-refractivity contribution in [3.8, 4) is 0 Å². The van der Waals surface area contributed by atoms with Gasteiger partial charge in [-0.05, 0) is 23.8 Å². The van der Waals surface area contributed by atoms with Crippen LogP contribution < -0.4 is 10.2 Å². The van der Waals surface area contributed by atoms with Crippen molar-refractivity contribution in [3.05, 3.63) is 53.7 Å². The minimum atomic E-state index is -0.213. The Labute approximate surface area is 146 Å². The highest BCUT2D eigenvalue weighted by Gasteiger charge is 2.19. The first-order valence-electron chi connectivity index (χ1n) is 8.80. The van der Waals surface area contributed by atoms with Crippen molar-refractivity contribution in [2.45, 2.75) is 19.9 Å². The lowest BCUT2D eigenvalue weighted by Gasteiger charge is -2.29. The molecule has 1 aromatic carbocycles. The third-order valence-corrected chi connectivity index (χ3v) is 4.70. The summed E-state index contributed by atoms with van der Waals surface area (Å²) in [6.45, 7) is 6.57. The topological polar surface area (TPSA) is 46.0 Å². The number of benzene rings is 1. The molecule has 5 nitrogen and oxygen atoms in total. The Morgan fingerprint density at radius 2 is 2.04 bits per heavy atom. The van der Waals surface area contributed by atoms with Crippen molar-refractivity contribution in [3.63, 3.8) is 0 Å². The van der Waals surface area contributed by atoms with E-state index in [0.717, 1.165) is 60.8 Å². The van der Waals surface area contributed by atoms with Gasteiger partial charge >= 0.3 is 0 Å². The molecule has 0 saturated carbocycles. The van der Waals surface area contributed by atoms with Gasteiger partial charge in [0.25, 0.3) is 0 Å². The number of aromatic nitrogens is 3. The lowest BCUT2D eigenvalue weighted by molar-refractivity contribution is 0.590. The number of rotatable bonds is 4. The lowest BCUT2D eigenvalue weighted by Crippen LogP contribution is -2.43. The molecule has 1 aliphatic rings. The maximum atomic E-state index is 13.5. The Kier molecular flexibility index (Phi) is 4.36. The molecule has 0 unspecified atom stereocenters. The summed E-state index contributed by atoms with van der Waals surface area (Å²) in [5.74, 6) is 0.767. The highest BCUT2D eigenvalue weighted by molar-refractivity contribution is 5.86. The summed E-state index contributed by atoms with van der Waals surface area (Å²) in [4.78, 5) is 11.8. The normalized spacial score (nSPS) is 15.0. The number of nitrogens with one attached hydrogen (secondary N) is 1. The molecule has 3 heterocycles. The monoisotopic (exact) mass is 339 g/mol. The Balaban J connectivity index is 1.78. The van der Waals surface area contributed by atoms with E-state index in [9.17, 15) is 4.39 Å². The van der Waals surface area contributed by atoms with Gasteiger partial charge in [-0.3, -0.25) is 0 Å². The average molecular weight is 339 g/mol. The smallest absolute Gasteiger partial charge is 0.162 e. The van der Waals surface area contributed by atoms with E-state index in [2.05, 4.69) is 26.7 Å². The van der Waals surface area contributed by atoms with E-state index >= 15 is 0 Å². The highest BCUT2D eigenvalue weighted by Crippen LogP contribution is 2.27. The van der Waals surface area contributed by atoms with Gasteiger partial charge in [-0.2, -0.15) is 0 Å². The standard InChI is InChI=1S/C19H22FN5/c1-2-17-23-18-16(24-10-8-21-9-11-24)6-7-22-19(18)25(17)13-14-4-3-5-15(20)12-14/h3-7,12,21H,2,8-11,13H2,1H3. The van der Waals surface area contributed by atoms with Crippen molar-refractivity contribution in [1.29, 1.82) is 0 Å². The number of fused-ring (bicyclic) bond motifs is 1. The largest absolute Gasteiger partial charge is 0.367 e. The maximum Gasteiger partial charge on any atom is 0.162 e.